The third-order valence-corrected chi connectivity index (χ3v) is 3.78. The molecule has 7 nitrogen and oxygen atoms in total. The lowest BCUT2D eigenvalue weighted by Gasteiger charge is -2.13. The first kappa shape index (κ1) is 18.5. The van der Waals surface area contributed by atoms with Crippen LogP contribution in [0, 0.1) is 0 Å². The van der Waals surface area contributed by atoms with Crippen molar-refractivity contribution in [3.8, 4) is 0 Å². The maximum absolute atomic E-state index is 12.3. The Morgan fingerprint density at radius 1 is 1.24 bits per heavy atom. The minimum atomic E-state index is -0.283. The normalized spacial score (nSPS) is 10.4. The van der Waals surface area contributed by atoms with E-state index in [1.54, 1.807) is 0 Å². The van der Waals surface area contributed by atoms with Gasteiger partial charge in [0.2, 0.25) is 5.95 Å². The highest BCUT2D eigenvalue weighted by Crippen LogP contribution is 2.13. The Balaban J connectivity index is 1.93. The summed E-state index contributed by atoms with van der Waals surface area (Å²) in [5, 5.41) is 5.93. The van der Waals surface area contributed by atoms with Gasteiger partial charge in [-0.05, 0) is 24.1 Å². The van der Waals surface area contributed by atoms with Crippen LogP contribution in [0.15, 0.2) is 30.5 Å². The van der Waals surface area contributed by atoms with Crippen molar-refractivity contribution < 1.29 is 4.79 Å². The maximum atomic E-state index is 12.3. The predicted octanol–water partition coefficient (Wildman–Crippen LogP) is 2.27. The minimum Gasteiger partial charge on any atom is -0.383 e. The summed E-state index contributed by atoms with van der Waals surface area (Å²) in [7, 11) is 3.97. The van der Waals surface area contributed by atoms with Crippen molar-refractivity contribution in [1.82, 2.24) is 15.3 Å². The predicted molar refractivity (Wildman–Crippen MR) is 102 cm³/mol. The number of amides is 1. The van der Waals surface area contributed by atoms with Crippen LogP contribution in [0.5, 0.6) is 0 Å². The quantitative estimate of drug-likeness (QED) is 0.637. The Kier molecular flexibility index (Phi) is 6.56. The van der Waals surface area contributed by atoms with Gasteiger partial charge in [-0.15, -0.1) is 0 Å². The first-order valence-electron chi connectivity index (χ1n) is 8.42. The number of hydrogen-bond acceptors (Lipinski definition) is 6. The largest absolute Gasteiger partial charge is 0.383 e. The summed E-state index contributed by atoms with van der Waals surface area (Å²) in [4.78, 5) is 22.6. The molecule has 0 atom stereocenters. The van der Waals surface area contributed by atoms with E-state index >= 15 is 0 Å². The molecule has 1 aromatic heterocycles. The molecular formula is C18H26N6O. The van der Waals surface area contributed by atoms with Crippen LogP contribution in [0.1, 0.15) is 35.7 Å². The zero-order valence-electron chi connectivity index (χ0n) is 15.0. The van der Waals surface area contributed by atoms with Crippen LogP contribution in [-0.4, -0.2) is 36.5 Å². The summed E-state index contributed by atoms with van der Waals surface area (Å²) >= 11 is 0. The van der Waals surface area contributed by atoms with Gasteiger partial charge >= 0.3 is 0 Å². The molecule has 2 rings (SSSR count). The molecule has 0 saturated heterocycles. The average Bonchev–Trinajstić information content (AvgIpc) is 2.60. The minimum absolute atomic E-state index is 0.175. The topological polar surface area (TPSA) is 96.2 Å². The zero-order chi connectivity index (χ0) is 18.2. The number of hydrogen-bond donors (Lipinski definition) is 3. The summed E-state index contributed by atoms with van der Waals surface area (Å²) in [5.74, 6) is 0.338. The van der Waals surface area contributed by atoms with Crippen molar-refractivity contribution >= 4 is 23.4 Å². The van der Waals surface area contributed by atoms with Gasteiger partial charge in [0.25, 0.3) is 5.91 Å². The fourth-order valence-electron chi connectivity index (χ4n) is 2.22. The number of carbonyl (C=O) groups is 1. The highest BCUT2D eigenvalue weighted by Gasteiger charge is 2.12. The Morgan fingerprint density at radius 2 is 1.96 bits per heavy atom. The summed E-state index contributed by atoms with van der Waals surface area (Å²) < 4.78 is 0. The molecule has 25 heavy (non-hydrogen) atoms. The molecule has 0 radical (unpaired) electrons. The molecule has 1 amide bonds. The van der Waals surface area contributed by atoms with Crippen LogP contribution in [0.2, 0.25) is 0 Å². The number of carbonyl (C=O) groups excluding carboxylic acids is 1. The van der Waals surface area contributed by atoms with Crippen molar-refractivity contribution in [2.45, 2.75) is 26.3 Å². The first-order valence-corrected chi connectivity index (χ1v) is 8.42. The molecule has 7 heteroatoms. The molecule has 134 valence electrons. The summed E-state index contributed by atoms with van der Waals surface area (Å²) in [6.45, 7) is 3.31. The van der Waals surface area contributed by atoms with Crippen molar-refractivity contribution in [3.63, 3.8) is 0 Å². The summed E-state index contributed by atoms with van der Waals surface area (Å²) in [5.41, 5.74) is 8.29. The number of nitrogens with one attached hydrogen (secondary N) is 2. The number of rotatable bonds is 8. The molecule has 0 fully saturated rings. The van der Waals surface area contributed by atoms with E-state index in [0.29, 0.717) is 12.5 Å². The standard InChI is InChI=1S/C18H26N6O/c1-4-5-10-20-18-22-12-15(16(19)23-18)17(25)21-11-13-6-8-14(9-7-13)24(2)3/h6-9,12H,4-5,10-11H2,1-3H3,(H,21,25)(H3,19,20,22,23). The van der Waals surface area contributed by atoms with Gasteiger partial charge in [0.15, 0.2) is 0 Å². The molecule has 0 spiro atoms. The number of nitrogen functional groups attached to an aromatic ring is 1. The number of unbranched alkanes of at least 4 members (excludes halogenated alkanes) is 1. The molecule has 2 aromatic rings. The molecule has 0 saturated carbocycles. The number of nitrogens with zero attached hydrogens (tertiary/aromatic N) is 3. The molecule has 0 aliphatic rings. The Morgan fingerprint density at radius 3 is 2.56 bits per heavy atom. The van der Waals surface area contributed by atoms with E-state index in [-0.39, 0.29) is 17.3 Å². The van der Waals surface area contributed by atoms with Gasteiger partial charge in [-0.2, -0.15) is 4.98 Å². The van der Waals surface area contributed by atoms with E-state index in [0.717, 1.165) is 30.6 Å². The van der Waals surface area contributed by atoms with Gasteiger partial charge in [0.05, 0.1) is 5.56 Å². The lowest BCUT2D eigenvalue weighted by molar-refractivity contribution is 0.0951. The smallest absolute Gasteiger partial charge is 0.256 e. The van der Waals surface area contributed by atoms with E-state index in [1.165, 1.54) is 6.20 Å². The van der Waals surface area contributed by atoms with Crippen molar-refractivity contribution in [2.75, 3.05) is 36.6 Å². The van der Waals surface area contributed by atoms with Crippen LogP contribution in [0.3, 0.4) is 0 Å². The van der Waals surface area contributed by atoms with Gasteiger partial charge in [-0.25, -0.2) is 4.98 Å². The number of nitrogens with two attached hydrogens (primary N) is 1. The average molecular weight is 342 g/mol. The van der Waals surface area contributed by atoms with Crippen LogP contribution < -0.4 is 21.3 Å². The highest BCUT2D eigenvalue weighted by molar-refractivity contribution is 5.98. The van der Waals surface area contributed by atoms with Gasteiger partial charge in [-0.3, -0.25) is 4.79 Å². The SMILES string of the molecule is CCCCNc1ncc(C(=O)NCc2ccc(N(C)C)cc2)c(N)n1. The molecular weight excluding hydrogens is 316 g/mol. The molecule has 0 aliphatic carbocycles. The van der Waals surface area contributed by atoms with Crippen LogP contribution in [-0.2, 0) is 6.54 Å². The van der Waals surface area contributed by atoms with E-state index in [1.807, 2.05) is 43.3 Å². The fraction of sp³-hybridized carbons (Fsp3) is 0.389. The molecule has 0 aliphatic heterocycles. The second-order valence-electron chi connectivity index (χ2n) is 6.02. The highest BCUT2D eigenvalue weighted by atomic mass is 16.1. The first-order chi connectivity index (χ1) is 12.0. The van der Waals surface area contributed by atoms with E-state index in [4.69, 9.17) is 5.73 Å². The molecule has 1 heterocycles. The van der Waals surface area contributed by atoms with E-state index in [9.17, 15) is 4.79 Å². The number of aromatic nitrogens is 2. The lowest BCUT2D eigenvalue weighted by Crippen LogP contribution is -2.24. The summed E-state index contributed by atoms with van der Waals surface area (Å²) in [6.07, 6.45) is 3.57. The molecule has 1 aromatic carbocycles. The molecule has 0 bridgehead atoms. The molecule has 0 unspecified atom stereocenters. The fourth-order valence-corrected chi connectivity index (χ4v) is 2.22. The second kappa shape index (κ2) is 8.86. The van der Waals surface area contributed by atoms with E-state index < -0.39 is 0 Å². The summed E-state index contributed by atoms with van der Waals surface area (Å²) in [6, 6.07) is 7.98. The number of benzene rings is 1. The Bertz CT molecular complexity index is 699. The number of anilines is 3. The van der Waals surface area contributed by atoms with Gasteiger partial charge in [0, 0.05) is 39.1 Å². The van der Waals surface area contributed by atoms with Crippen LogP contribution in [0.25, 0.3) is 0 Å². The zero-order valence-corrected chi connectivity index (χ0v) is 15.0. The van der Waals surface area contributed by atoms with Gasteiger partial charge in [0.1, 0.15) is 5.82 Å². The Labute approximate surface area is 148 Å². The molecule has 4 N–H and O–H groups in total. The lowest BCUT2D eigenvalue weighted by atomic mass is 10.2. The maximum Gasteiger partial charge on any atom is 0.256 e. The van der Waals surface area contributed by atoms with Gasteiger partial charge in [-0.1, -0.05) is 25.5 Å². The Hall–Kier alpha value is -2.83. The third kappa shape index (κ3) is 5.34. The van der Waals surface area contributed by atoms with Crippen LogP contribution in [0.4, 0.5) is 17.5 Å². The van der Waals surface area contributed by atoms with Gasteiger partial charge < -0.3 is 21.3 Å². The van der Waals surface area contributed by atoms with Crippen LogP contribution >= 0.6 is 0 Å². The van der Waals surface area contributed by atoms with Crippen molar-refractivity contribution in [1.29, 1.82) is 0 Å². The van der Waals surface area contributed by atoms with Crippen molar-refractivity contribution in [2.24, 2.45) is 0 Å². The third-order valence-electron chi connectivity index (χ3n) is 3.78. The van der Waals surface area contributed by atoms with E-state index in [2.05, 4.69) is 27.5 Å². The second-order valence-corrected chi connectivity index (χ2v) is 6.02. The van der Waals surface area contributed by atoms with Crippen molar-refractivity contribution in [3.05, 3.63) is 41.6 Å². The monoisotopic (exact) mass is 342 g/mol.